The number of hydrogen-bond acceptors (Lipinski definition) is 5. The van der Waals surface area contributed by atoms with Crippen molar-refractivity contribution in [1.82, 2.24) is 9.97 Å². The minimum absolute atomic E-state index is 0.180. The zero-order valence-corrected chi connectivity index (χ0v) is 12.9. The number of rotatable bonds is 5. The summed E-state index contributed by atoms with van der Waals surface area (Å²) in [6.45, 7) is 4.18. The Morgan fingerprint density at radius 3 is 2.95 bits per heavy atom. The molecule has 0 radical (unpaired) electrons. The molecule has 0 bridgehead atoms. The van der Waals surface area contributed by atoms with Crippen molar-refractivity contribution in [3.63, 3.8) is 0 Å². The first kappa shape index (κ1) is 13.8. The molecule has 5 heteroatoms. The number of aromatic nitrogens is 2. The Hall–Kier alpha value is -2.14. The first-order valence-electron chi connectivity index (χ1n) is 6.99. The Kier molecular flexibility index (Phi) is 4.01. The van der Waals surface area contributed by atoms with Crippen LogP contribution in [0.25, 0.3) is 10.2 Å². The maximum atomic E-state index is 5.96. The van der Waals surface area contributed by atoms with Crippen LogP contribution in [0.4, 0.5) is 11.5 Å². The molecule has 2 aromatic heterocycles. The Morgan fingerprint density at radius 1 is 1.24 bits per heavy atom. The van der Waals surface area contributed by atoms with Crippen LogP contribution < -0.4 is 10.1 Å². The van der Waals surface area contributed by atoms with Crippen molar-refractivity contribution in [2.75, 3.05) is 5.32 Å². The van der Waals surface area contributed by atoms with E-state index in [1.54, 1.807) is 17.7 Å². The molecule has 1 N–H and O–H groups in total. The van der Waals surface area contributed by atoms with Gasteiger partial charge in [-0.05, 0) is 36.9 Å². The number of nitrogens with one attached hydrogen (secondary N) is 1. The maximum Gasteiger partial charge on any atom is 0.143 e. The van der Waals surface area contributed by atoms with E-state index in [4.69, 9.17) is 4.74 Å². The number of hydrogen-bond donors (Lipinski definition) is 1. The zero-order chi connectivity index (χ0) is 14.7. The third-order valence-corrected chi connectivity index (χ3v) is 4.13. The van der Waals surface area contributed by atoms with E-state index >= 15 is 0 Å². The molecule has 4 nitrogen and oxygen atoms in total. The van der Waals surface area contributed by atoms with Gasteiger partial charge in [-0.3, -0.25) is 0 Å². The molecule has 0 aliphatic carbocycles. The van der Waals surface area contributed by atoms with Crippen LogP contribution >= 0.6 is 11.3 Å². The van der Waals surface area contributed by atoms with Gasteiger partial charge >= 0.3 is 0 Å². The van der Waals surface area contributed by atoms with Crippen molar-refractivity contribution < 1.29 is 4.74 Å². The van der Waals surface area contributed by atoms with Crippen molar-refractivity contribution in [3.8, 4) is 5.75 Å². The lowest BCUT2D eigenvalue weighted by Crippen LogP contribution is -2.11. The number of fused-ring (bicyclic) bond motifs is 1. The summed E-state index contributed by atoms with van der Waals surface area (Å²) >= 11 is 1.61. The topological polar surface area (TPSA) is 47.0 Å². The molecule has 1 aromatic carbocycles. The van der Waals surface area contributed by atoms with Gasteiger partial charge in [0.15, 0.2) is 0 Å². The molecule has 0 spiro atoms. The van der Waals surface area contributed by atoms with E-state index in [1.807, 2.05) is 35.7 Å². The fourth-order valence-electron chi connectivity index (χ4n) is 1.99. The van der Waals surface area contributed by atoms with Gasteiger partial charge < -0.3 is 10.1 Å². The average Bonchev–Trinajstić information content (AvgIpc) is 2.98. The highest BCUT2D eigenvalue weighted by Gasteiger charge is 2.10. The Bertz CT molecular complexity index is 741. The summed E-state index contributed by atoms with van der Waals surface area (Å²) in [5.74, 6) is 1.65. The summed E-state index contributed by atoms with van der Waals surface area (Å²) in [6, 6.07) is 9.96. The van der Waals surface area contributed by atoms with E-state index in [2.05, 4.69) is 29.1 Å². The molecule has 0 saturated carbocycles. The van der Waals surface area contributed by atoms with Crippen LogP contribution in [0.5, 0.6) is 5.75 Å². The molecule has 0 fully saturated rings. The summed E-state index contributed by atoms with van der Waals surface area (Å²) in [4.78, 5) is 9.59. The smallest absolute Gasteiger partial charge is 0.143 e. The summed E-state index contributed by atoms with van der Waals surface area (Å²) in [7, 11) is 0. The van der Waals surface area contributed by atoms with E-state index < -0.39 is 0 Å². The molecule has 3 aromatic rings. The number of ether oxygens (including phenoxy) is 1. The van der Waals surface area contributed by atoms with Gasteiger partial charge in [-0.15, -0.1) is 11.3 Å². The second kappa shape index (κ2) is 6.10. The molecule has 108 valence electrons. The van der Waals surface area contributed by atoms with Gasteiger partial charge in [-0.2, -0.15) is 0 Å². The molecule has 1 atom stereocenters. The number of anilines is 2. The second-order valence-corrected chi connectivity index (χ2v) is 5.71. The predicted molar refractivity (Wildman–Crippen MR) is 87.5 cm³/mol. The van der Waals surface area contributed by atoms with Crippen molar-refractivity contribution in [2.24, 2.45) is 0 Å². The second-order valence-electron chi connectivity index (χ2n) is 4.82. The monoisotopic (exact) mass is 299 g/mol. The quantitative estimate of drug-likeness (QED) is 0.747. The van der Waals surface area contributed by atoms with Gasteiger partial charge in [-0.1, -0.05) is 19.1 Å². The van der Waals surface area contributed by atoms with Crippen LogP contribution in [0.15, 0.2) is 42.0 Å². The molecular weight excluding hydrogens is 282 g/mol. The average molecular weight is 299 g/mol. The fourth-order valence-corrected chi connectivity index (χ4v) is 2.72. The normalized spacial score (nSPS) is 12.3. The number of benzene rings is 1. The van der Waals surface area contributed by atoms with E-state index in [1.165, 1.54) is 0 Å². The van der Waals surface area contributed by atoms with Crippen LogP contribution in [-0.2, 0) is 0 Å². The standard InChI is InChI=1S/C16H17N3OS/c1-3-11(2)20-14-7-5-4-6-13(14)19-15-12-8-9-21-16(12)18-10-17-15/h4-11H,3H2,1-2H3,(H,17,18,19). The SMILES string of the molecule is CCC(C)Oc1ccccc1Nc1ncnc2sccc12. The molecule has 3 rings (SSSR count). The van der Waals surface area contributed by atoms with E-state index in [0.29, 0.717) is 0 Å². The minimum Gasteiger partial charge on any atom is -0.489 e. The molecular formula is C16H17N3OS. The van der Waals surface area contributed by atoms with E-state index in [-0.39, 0.29) is 6.10 Å². The lowest BCUT2D eigenvalue weighted by molar-refractivity contribution is 0.218. The molecule has 0 amide bonds. The maximum absolute atomic E-state index is 5.96. The lowest BCUT2D eigenvalue weighted by atomic mass is 10.2. The largest absolute Gasteiger partial charge is 0.489 e. The Balaban J connectivity index is 1.93. The van der Waals surface area contributed by atoms with Crippen LogP contribution in [0, 0.1) is 0 Å². The Labute approximate surface area is 127 Å². The molecule has 0 saturated heterocycles. The van der Waals surface area contributed by atoms with Gasteiger partial charge in [0.25, 0.3) is 0 Å². The summed E-state index contributed by atoms with van der Waals surface area (Å²) in [5.41, 5.74) is 0.920. The van der Waals surface area contributed by atoms with Crippen molar-refractivity contribution in [1.29, 1.82) is 0 Å². The molecule has 1 unspecified atom stereocenters. The number of nitrogens with zero attached hydrogens (tertiary/aromatic N) is 2. The molecule has 2 heterocycles. The molecule has 0 aliphatic rings. The number of thiophene rings is 1. The van der Waals surface area contributed by atoms with Crippen molar-refractivity contribution in [3.05, 3.63) is 42.0 Å². The minimum atomic E-state index is 0.180. The van der Waals surface area contributed by atoms with Gasteiger partial charge in [-0.25, -0.2) is 9.97 Å². The highest BCUT2D eigenvalue weighted by molar-refractivity contribution is 7.16. The molecule has 0 aliphatic heterocycles. The Morgan fingerprint density at radius 2 is 2.10 bits per heavy atom. The first-order valence-corrected chi connectivity index (χ1v) is 7.86. The van der Waals surface area contributed by atoms with Crippen LogP contribution in [0.3, 0.4) is 0 Å². The summed E-state index contributed by atoms with van der Waals surface area (Å²) in [5, 5.41) is 6.41. The van der Waals surface area contributed by atoms with E-state index in [9.17, 15) is 0 Å². The van der Waals surface area contributed by atoms with Gasteiger partial charge in [0.1, 0.15) is 22.7 Å². The lowest BCUT2D eigenvalue weighted by Gasteiger charge is -2.16. The van der Waals surface area contributed by atoms with Gasteiger partial charge in [0.05, 0.1) is 17.2 Å². The highest BCUT2D eigenvalue weighted by Crippen LogP contribution is 2.31. The highest BCUT2D eigenvalue weighted by atomic mass is 32.1. The third-order valence-electron chi connectivity index (χ3n) is 3.30. The summed E-state index contributed by atoms with van der Waals surface area (Å²) in [6.07, 6.45) is 2.73. The third kappa shape index (κ3) is 2.97. The first-order chi connectivity index (χ1) is 10.3. The number of para-hydroxylation sites is 2. The van der Waals surface area contributed by atoms with Crippen molar-refractivity contribution >= 4 is 33.1 Å². The predicted octanol–water partition coefficient (Wildman–Crippen LogP) is 4.61. The van der Waals surface area contributed by atoms with Gasteiger partial charge in [0, 0.05) is 0 Å². The zero-order valence-electron chi connectivity index (χ0n) is 12.0. The van der Waals surface area contributed by atoms with Crippen molar-refractivity contribution in [2.45, 2.75) is 26.4 Å². The van der Waals surface area contributed by atoms with Crippen LogP contribution in [-0.4, -0.2) is 16.1 Å². The van der Waals surface area contributed by atoms with Crippen LogP contribution in [0.2, 0.25) is 0 Å². The summed E-state index contributed by atoms with van der Waals surface area (Å²) < 4.78 is 5.96. The molecule has 21 heavy (non-hydrogen) atoms. The van der Waals surface area contributed by atoms with Gasteiger partial charge in [0.2, 0.25) is 0 Å². The fraction of sp³-hybridized carbons (Fsp3) is 0.250. The van der Waals surface area contributed by atoms with Crippen LogP contribution in [0.1, 0.15) is 20.3 Å². The van der Waals surface area contributed by atoms with E-state index in [0.717, 1.165) is 33.9 Å².